The van der Waals surface area contributed by atoms with Crippen LogP contribution >= 0.6 is 11.3 Å². The van der Waals surface area contributed by atoms with Gasteiger partial charge in [0.1, 0.15) is 10.6 Å². The number of carboxylic acids is 1. The second kappa shape index (κ2) is 5.64. The van der Waals surface area contributed by atoms with Gasteiger partial charge in [-0.3, -0.25) is 10.00 Å². The number of hydrogen-bond acceptors (Lipinski definition) is 4. The fourth-order valence-electron chi connectivity index (χ4n) is 2.94. The van der Waals surface area contributed by atoms with Crippen molar-refractivity contribution in [3.63, 3.8) is 0 Å². The van der Waals surface area contributed by atoms with Crippen LogP contribution in [0.15, 0.2) is 42.5 Å². The summed E-state index contributed by atoms with van der Waals surface area (Å²) in [5.41, 5.74) is 4.48. The third-order valence-corrected chi connectivity index (χ3v) is 5.10. The van der Waals surface area contributed by atoms with E-state index in [2.05, 4.69) is 39.4 Å². The Kier molecular flexibility index (Phi) is 3.48. The zero-order chi connectivity index (χ0) is 15.8. The first-order valence-corrected chi connectivity index (χ1v) is 8.18. The zero-order valence-electron chi connectivity index (χ0n) is 12.3. The molecule has 23 heavy (non-hydrogen) atoms. The molecular formula is C17H15N3O2S. The minimum Gasteiger partial charge on any atom is -0.477 e. The number of rotatable bonds is 4. The third-order valence-electron chi connectivity index (χ3n) is 4.02. The summed E-state index contributed by atoms with van der Waals surface area (Å²) in [4.78, 5) is 14.6. The monoisotopic (exact) mass is 325 g/mol. The minimum absolute atomic E-state index is 0.343. The fraction of sp³-hybridized carbons (Fsp3) is 0.176. The smallest absolute Gasteiger partial charge is 0.345 e. The second-order valence-electron chi connectivity index (χ2n) is 5.63. The van der Waals surface area contributed by atoms with E-state index in [-0.39, 0.29) is 0 Å². The molecule has 0 atom stereocenters. The molecular weight excluding hydrogens is 310 g/mol. The molecule has 2 aromatic heterocycles. The SMILES string of the molecule is O=C(O)c1ccc(-c2n[nH]c3c2CN(Cc2ccccc2)C3)s1. The van der Waals surface area contributed by atoms with Crippen molar-refractivity contribution in [2.45, 2.75) is 19.6 Å². The molecule has 2 N–H and O–H groups in total. The van der Waals surface area contributed by atoms with E-state index in [4.69, 9.17) is 5.11 Å². The molecule has 0 saturated carbocycles. The van der Waals surface area contributed by atoms with Gasteiger partial charge in [-0.05, 0) is 17.7 Å². The topological polar surface area (TPSA) is 69.2 Å². The molecule has 3 heterocycles. The maximum Gasteiger partial charge on any atom is 0.345 e. The predicted molar refractivity (Wildman–Crippen MR) is 88.3 cm³/mol. The van der Waals surface area contributed by atoms with Gasteiger partial charge in [-0.2, -0.15) is 5.10 Å². The van der Waals surface area contributed by atoms with Crippen LogP contribution in [-0.4, -0.2) is 26.2 Å². The zero-order valence-corrected chi connectivity index (χ0v) is 13.1. The number of nitrogens with zero attached hydrogens (tertiary/aromatic N) is 2. The van der Waals surface area contributed by atoms with Gasteiger partial charge in [0.25, 0.3) is 0 Å². The summed E-state index contributed by atoms with van der Waals surface area (Å²) < 4.78 is 0. The summed E-state index contributed by atoms with van der Waals surface area (Å²) >= 11 is 1.27. The molecule has 0 aliphatic carbocycles. The minimum atomic E-state index is -0.890. The van der Waals surface area contributed by atoms with Gasteiger partial charge < -0.3 is 5.11 Å². The fourth-order valence-corrected chi connectivity index (χ4v) is 3.80. The Labute approximate surface area is 137 Å². The van der Waals surface area contributed by atoms with Crippen molar-refractivity contribution < 1.29 is 9.90 Å². The standard InChI is InChI=1S/C17H15N3O2S/c21-17(22)15-7-6-14(23-15)16-12-9-20(10-13(12)18-19-16)8-11-4-2-1-3-5-11/h1-7H,8-10H2,(H,18,19)(H,21,22). The Morgan fingerprint density at radius 1 is 1.22 bits per heavy atom. The normalized spacial score (nSPS) is 14.1. The van der Waals surface area contributed by atoms with Gasteiger partial charge in [0.05, 0.1) is 10.6 Å². The highest BCUT2D eigenvalue weighted by Crippen LogP contribution is 2.35. The molecule has 0 saturated heterocycles. The van der Waals surface area contributed by atoms with Crippen LogP contribution in [0.3, 0.4) is 0 Å². The van der Waals surface area contributed by atoms with Crippen molar-refractivity contribution in [2.24, 2.45) is 0 Å². The molecule has 1 aliphatic heterocycles. The third kappa shape index (κ3) is 2.67. The average Bonchev–Trinajstić information content (AvgIpc) is 3.22. The lowest BCUT2D eigenvalue weighted by atomic mass is 10.2. The maximum atomic E-state index is 11.0. The van der Waals surface area contributed by atoms with E-state index in [9.17, 15) is 4.79 Å². The van der Waals surface area contributed by atoms with Crippen LogP contribution in [0.1, 0.15) is 26.5 Å². The van der Waals surface area contributed by atoms with Crippen LogP contribution in [-0.2, 0) is 19.6 Å². The predicted octanol–water partition coefficient (Wildman–Crippen LogP) is 3.35. The average molecular weight is 325 g/mol. The molecule has 5 nitrogen and oxygen atoms in total. The Hall–Kier alpha value is -2.44. The Morgan fingerprint density at radius 3 is 2.78 bits per heavy atom. The van der Waals surface area contributed by atoms with E-state index >= 15 is 0 Å². The summed E-state index contributed by atoms with van der Waals surface area (Å²) in [7, 11) is 0. The summed E-state index contributed by atoms with van der Waals surface area (Å²) in [6, 6.07) is 13.9. The van der Waals surface area contributed by atoms with Gasteiger partial charge in [-0.1, -0.05) is 30.3 Å². The van der Waals surface area contributed by atoms with E-state index in [1.165, 1.54) is 22.5 Å². The molecule has 6 heteroatoms. The Bertz CT molecular complexity index is 854. The molecule has 0 amide bonds. The van der Waals surface area contributed by atoms with Gasteiger partial charge in [0.2, 0.25) is 0 Å². The molecule has 116 valence electrons. The molecule has 1 aliphatic rings. The second-order valence-corrected chi connectivity index (χ2v) is 6.71. The molecule has 0 bridgehead atoms. The first kappa shape index (κ1) is 14.2. The quantitative estimate of drug-likeness (QED) is 0.772. The van der Waals surface area contributed by atoms with Crippen LogP contribution in [0.2, 0.25) is 0 Å². The van der Waals surface area contributed by atoms with Crippen molar-refractivity contribution in [1.29, 1.82) is 0 Å². The first-order chi connectivity index (χ1) is 11.2. The molecule has 0 radical (unpaired) electrons. The number of aromatic carboxylic acids is 1. The largest absolute Gasteiger partial charge is 0.477 e. The highest BCUT2D eigenvalue weighted by atomic mass is 32.1. The van der Waals surface area contributed by atoms with Gasteiger partial charge in [0, 0.05) is 25.2 Å². The van der Waals surface area contributed by atoms with E-state index in [0.717, 1.165) is 35.9 Å². The highest BCUT2D eigenvalue weighted by Gasteiger charge is 2.26. The van der Waals surface area contributed by atoms with Crippen molar-refractivity contribution in [3.05, 3.63) is 64.2 Å². The van der Waals surface area contributed by atoms with E-state index in [1.807, 2.05) is 12.1 Å². The van der Waals surface area contributed by atoms with Gasteiger partial charge in [-0.15, -0.1) is 11.3 Å². The van der Waals surface area contributed by atoms with Crippen LogP contribution in [0.4, 0.5) is 0 Å². The van der Waals surface area contributed by atoms with E-state index < -0.39 is 5.97 Å². The van der Waals surface area contributed by atoms with Crippen LogP contribution < -0.4 is 0 Å². The summed E-state index contributed by atoms with van der Waals surface area (Å²) in [5.74, 6) is -0.890. The van der Waals surface area contributed by atoms with Gasteiger partial charge in [0.15, 0.2) is 0 Å². The number of nitrogens with one attached hydrogen (secondary N) is 1. The lowest BCUT2D eigenvalue weighted by Crippen LogP contribution is -2.16. The Balaban J connectivity index is 1.56. The van der Waals surface area contributed by atoms with Crippen molar-refractivity contribution in [3.8, 4) is 10.6 Å². The molecule has 0 unspecified atom stereocenters. The number of fused-ring (bicyclic) bond motifs is 1. The van der Waals surface area contributed by atoms with Crippen molar-refractivity contribution >= 4 is 17.3 Å². The highest BCUT2D eigenvalue weighted by molar-refractivity contribution is 7.17. The molecule has 0 spiro atoms. The van der Waals surface area contributed by atoms with Gasteiger partial charge >= 0.3 is 5.97 Å². The number of hydrogen-bond donors (Lipinski definition) is 2. The summed E-state index contributed by atoms with van der Waals surface area (Å²) in [6.07, 6.45) is 0. The number of thiophene rings is 1. The summed E-state index contributed by atoms with van der Waals surface area (Å²) in [6.45, 7) is 2.57. The molecule has 4 rings (SSSR count). The number of aromatic amines is 1. The van der Waals surface area contributed by atoms with Crippen molar-refractivity contribution in [2.75, 3.05) is 0 Å². The lowest BCUT2D eigenvalue weighted by Gasteiger charge is -2.14. The number of carboxylic acid groups (broad SMARTS) is 1. The molecule has 1 aromatic carbocycles. The number of H-pyrrole nitrogens is 1. The van der Waals surface area contributed by atoms with E-state index in [0.29, 0.717) is 4.88 Å². The van der Waals surface area contributed by atoms with Crippen LogP contribution in [0.25, 0.3) is 10.6 Å². The molecule has 3 aromatic rings. The van der Waals surface area contributed by atoms with Gasteiger partial charge in [-0.25, -0.2) is 4.79 Å². The number of benzene rings is 1. The van der Waals surface area contributed by atoms with Crippen LogP contribution in [0.5, 0.6) is 0 Å². The molecule has 0 fully saturated rings. The Morgan fingerprint density at radius 2 is 2.04 bits per heavy atom. The van der Waals surface area contributed by atoms with Crippen molar-refractivity contribution in [1.82, 2.24) is 15.1 Å². The van der Waals surface area contributed by atoms with E-state index in [1.54, 1.807) is 6.07 Å². The van der Waals surface area contributed by atoms with Crippen LogP contribution in [0, 0.1) is 0 Å². The lowest BCUT2D eigenvalue weighted by molar-refractivity contribution is 0.0702. The number of carbonyl (C=O) groups is 1. The maximum absolute atomic E-state index is 11.0. The number of aromatic nitrogens is 2. The summed E-state index contributed by atoms with van der Waals surface area (Å²) in [5, 5.41) is 16.6. The first-order valence-electron chi connectivity index (χ1n) is 7.36.